The molecule has 0 spiro atoms. The van der Waals surface area contributed by atoms with E-state index < -0.39 is 17.7 Å². The molecule has 0 aliphatic rings. The van der Waals surface area contributed by atoms with E-state index in [1.807, 2.05) is 6.07 Å². The molecule has 98 valence electrons. The highest BCUT2D eigenvalue weighted by Crippen LogP contribution is 2.29. The van der Waals surface area contributed by atoms with Crippen molar-refractivity contribution in [1.29, 1.82) is 0 Å². The standard InChI is InChI=1S/C14H19NO3/c1-10(16)12(11-8-6-5-7-9-11)15(13(17)18)14(2,3)4/h5-9,12H,1-4H3,(H,17,18)/t12-/m1/s1. The fraction of sp³-hybridized carbons (Fsp3) is 0.429. The molecule has 1 N–H and O–H groups in total. The molecule has 4 nitrogen and oxygen atoms in total. The highest BCUT2D eigenvalue weighted by molar-refractivity contribution is 5.86. The van der Waals surface area contributed by atoms with Crippen molar-refractivity contribution >= 4 is 11.9 Å². The molecule has 0 bridgehead atoms. The van der Waals surface area contributed by atoms with Crippen LogP contribution in [0.5, 0.6) is 0 Å². The molecule has 4 heteroatoms. The summed E-state index contributed by atoms with van der Waals surface area (Å²) in [7, 11) is 0. The lowest BCUT2D eigenvalue weighted by Crippen LogP contribution is -2.49. The molecule has 0 fully saturated rings. The van der Waals surface area contributed by atoms with Gasteiger partial charge in [-0.15, -0.1) is 0 Å². The SMILES string of the molecule is CC(=O)[C@H](c1ccccc1)N(C(=O)O)C(C)(C)C. The Morgan fingerprint density at radius 3 is 2.00 bits per heavy atom. The number of carbonyl (C=O) groups excluding carboxylic acids is 1. The molecule has 1 atom stereocenters. The largest absolute Gasteiger partial charge is 0.465 e. The van der Waals surface area contributed by atoms with Crippen molar-refractivity contribution < 1.29 is 14.7 Å². The van der Waals surface area contributed by atoms with Gasteiger partial charge < -0.3 is 5.11 Å². The average molecular weight is 249 g/mol. The molecule has 0 saturated heterocycles. The van der Waals surface area contributed by atoms with E-state index in [4.69, 9.17) is 0 Å². The number of carbonyl (C=O) groups is 2. The summed E-state index contributed by atoms with van der Waals surface area (Å²) in [6.45, 7) is 6.75. The van der Waals surface area contributed by atoms with E-state index >= 15 is 0 Å². The van der Waals surface area contributed by atoms with E-state index in [1.165, 1.54) is 11.8 Å². The minimum Gasteiger partial charge on any atom is -0.465 e. The third-order valence-electron chi connectivity index (χ3n) is 2.69. The molecule has 0 radical (unpaired) electrons. The predicted molar refractivity (Wildman–Crippen MR) is 69.5 cm³/mol. The molecule has 0 aliphatic carbocycles. The summed E-state index contributed by atoms with van der Waals surface area (Å²) in [6.07, 6.45) is -1.09. The monoisotopic (exact) mass is 249 g/mol. The Hall–Kier alpha value is -1.84. The highest BCUT2D eigenvalue weighted by Gasteiger charge is 2.36. The van der Waals surface area contributed by atoms with Crippen molar-refractivity contribution in [1.82, 2.24) is 4.90 Å². The van der Waals surface area contributed by atoms with Crippen molar-refractivity contribution in [2.75, 3.05) is 0 Å². The van der Waals surface area contributed by atoms with Gasteiger partial charge in [0.1, 0.15) is 6.04 Å². The lowest BCUT2D eigenvalue weighted by Gasteiger charge is -2.38. The summed E-state index contributed by atoms with van der Waals surface area (Å²) in [5, 5.41) is 9.36. The fourth-order valence-electron chi connectivity index (χ4n) is 1.99. The zero-order chi connectivity index (χ0) is 13.9. The molecule has 0 aromatic heterocycles. The van der Waals surface area contributed by atoms with Gasteiger partial charge in [0.25, 0.3) is 0 Å². The first-order chi connectivity index (χ1) is 8.25. The Bertz CT molecular complexity index is 434. The lowest BCUT2D eigenvalue weighted by molar-refractivity contribution is -0.123. The van der Waals surface area contributed by atoms with Crippen molar-refractivity contribution in [2.45, 2.75) is 39.3 Å². The summed E-state index contributed by atoms with van der Waals surface area (Å²) in [4.78, 5) is 24.5. The molecule has 0 unspecified atom stereocenters. The van der Waals surface area contributed by atoms with Crippen LogP contribution >= 0.6 is 0 Å². The Balaban J connectivity index is 3.27. The van der Waals surface area contributed by atoms with Crippen molar-refractivity contribution in [3.8, 4) is 0 Å². The first kappa shape index (κ1) is 14.2. The molecule has 1 amide bonds. The number of Topliss-reactive ketones (excluding diaryl/α,β-unsaturated/α-hetero) is 1. The van der Waals surface area contributed by atoms with Crippen LogP contribution in [-0.4, -0.2) is 27.4 Å². The van der Waals surface area contributed by atoms with Gasteiger partial charge in [0.2, 0.25) is 0 Å². The number of nitrogens with zero attached hydrogens (tertiary/aromatic N) is 1. The van der Waals surface area contributed by atoms with E-state index in [1.54, 1.807) is 45.0 Å². The number of carboxylic acid groups (broad SMARTS) is 1. The molecular formula is C14H19NO3. The lowest BCUT2D eigenvalue weighted by atomic mass is 9.96. The van der Waals surface area contributed by atoms with Crippen LogP contribution in [0, 0.1) is 0 Å². The summed E-state index contributed by atoms with van der Waals surface area (Å²) >= 11 is 0. The number of rotatable bonds is 3. The van der Waals surface area contributed by atoms with Crippen LogP contribution in [0.1, 0.15) is 39.3 Å². The number of hydrogen-bond donors (Lipinski definition) is 1. The van der Waals surface area contributed by atoms with Crippen LogP contribution in [0.15, 0.2) is 30.3 Å². The van der Waals surface area contributed by atoms with Gasteiger partial charge in [-0.2, -0.15) is 0 Å². The summed E-state index contributed by atoms with van der Waals surface area (Å²) in [5.41, 5.74) is 0.0557. The van der Waals surface area contributed by atoms with Crippen LogP contribution < -0.4 is 0 Å². The quantitative estimate of drug-likeness (QED) is 0.895. The summed E-state index contributed by atoms with van der Waals surface area (Å²) in [6, 6.07) is 8.22. The molecule has 1 aromatic rings. The Kier molecular flexibility index (Phi) is 4.11. The third kappa shape index (κ3) is 3.09. The van der Waals surface area contributed by atoms with Gasteiger partial charge in [0.05, 0.1) is 0 Å². The maximum atomic E-state index is 11.8. The first-order valence-electron chi connectivity index (χ1n) is 5.83. The van der Waals surface area contributed by atoms with E-state index in [2.05, 4.69) is 0 Å². The molecular weight excluding hydrogens is 230 g/mol. The van der Waals surface area contributed by atoms with Crippen molar-refractivity contribution in [3.63, 3.8) is 0 Å². The van der Waals surface area contributed by atoms with Gasteiger partial charge in [0.15, 0.2) is 5.78 Å². The smallest absolute Gasteiger partial charge is 0.408 e. The minimum atomic E-state index is -1.09. The molecule has 0 heterocycles. The van der Waals surface area contributed by atoms with E-state index in [-0.39, 0.29) is 5.78 Å². The third-order valence-corrected chi connectivity index (χ3v) is 2.69. The number of ketones is 1. The van der Waals surface area contributed by atoms with Crippen LogP contribution in [0.4, 0.5) is 4.79 Å². The van der Waals surface area contributed by atoms with Crippen LogP contribution in [-0.2, 0) is 4.79 Å². The fourth-order valence-corrected chi connectivity index (χ4v) is 1.99. The average Bonchev–Trinajstić information content (AvgIpc) is 2.24. The van der Waals surface area contributed by atoms with Crippen LogP contribution in [0.25, 0.3) is 0 Å². The maximum absolute atomic E-state index is 11.8. The molecule has 1 rings (SSSR count). The van der Waals surface area contributed by atoms with Crippen molar-refractivity contribution in [2.24, 2.45) is 0 Å². The predicted octanol–water partition coefficient (Wildman–Crippen LogP) is 3.10. The Labute approximate surface area is 107 Å². The Morgan fingerprint density at radius 1 is 1.17 bits per heavy atom. The number of amides is 1. The van der Waals surface area contributed by atoms with Gasteiger partial charge in [-0.3, -0.25) is 9.69 Å². The van der Waals surface area contributed by atoms with E-state index in [0.717, 1.165) is 0 Å². The zero-order valence-electron chi connectivity index (χ0n) is 11.2. The van der Waals surface area contributed by atoms with Gasteiger partial charge in [-0.25, -0.2) is 4.79 Å². The van der Waals surface area contributed by atoms with Crippen LogP contribution in [0.3, 0.4) is 0 Å². The topological polar surface area (TPSA) is 57.6 Å². The molecule has 18 heavy (non-hydrogen) atoms. The summed E-state index contributed by atoms with van der Waals surface area (Å²) < 4.78 is 0. The van der Waals surface area contributed by atoms with Crippen molar-refractivity contribution in [3.05, 3.63) is 35.9 Å². The second-order valence-electron chi connectivity index (χ2n) is 5.25. The molecule has 0 aliphatic heterocycles. The van der Waals surface area contributed by atoms with Gasteiger partial charge in [-0.05, 0) is 33.3 Å². The van der Waals surface area contributed by atoms with Gasteiger partial charge >= 0.3 is 6.09 Å². The minimum absolute atomic E-state index is 0.182. The summed E-state index contributed by atoms with van der Waals surface area (Å²) in [5.74, 6) is -0.182. The zero-order valence-corrected chi connectivity index (χ0v) is 11.2. The second-order valence-corrected chi connectivity index (χ2v) is 5.25. The van der Waals surface area contributed by atoms with Gasteiger partial charge in [0, 0.05) is 5.54 Å². The normalized spacial score (nSPS) is 12.9. The highest BCUT2D eigenvalue weighted by atomic mass is 16.4. The molecule has 0 saturated carbocycles. The van der Waals surface area contributed by atoms with Gasteiger partial charge in [-0.1, -0.05) is 30.3 Å². The maximum Gasteiger partial charge on any atom is 0.408 e. The van der Waals surface area contributed by atoms with Crippen LogP contribution in [0.2, 0.25) is 0 Å². The van der Waals surface area contributed by atoms with E-state index in [0.29, 0.717) is 5.56 Å². The number of benzene rings is 1. The molecule has 1 aromatic carbocycles. The first-order valence-corrected chi connectivity index (χ1v) is 5.83. The second kappa shape index (κ2) is 5.21. The van der Waals surface area contributed by atoms with E-state index in [9.17, 15) is 14.7 Å². The number of hydrogen-bond acceptors (Lipinski definition) is 2. The Morgan fingerprint density at radius 2 is 1.67 bits per heavy atom.